The van der Waals surface area contributed by atoms with E-state index in [1.807, 2.05) is 24.9 Å². The van der Waals surface area contributed by atoms with Crippen molar-refractivity contribution in [1.29, 1.82) is 0 Å². The van der Waals surface area contributed by atoms with Gasteiger partial charge in [-0.05, 0) is 37.6 Å². The maximum atomic E-state index is 12.6. The molecule has 118 valence electrons. The predicted octanol–water partition coefficient (Wildman–Crippen LogP) is 3.74. The Hall–Kier alpha value is -1.33. The van der Waals surface area contributed by atoms with Gasteiger partial charge in [-0.3, -0.25) is 9.48 Å². The predicted molar refractivity (Wildman–Crippen MR) is 89.3 cm³/mol. The third-order valence-electron chi connectivity index (χ3n) is 4.27. The average Bonchev–Trinajstić information content (AvgIpc) is 3.19. The van der Waals surface area contributed by atoms with Crippen LogP contribution in [0.2, 0.25) is 5.15 Å². The van der Waals surface area contributed by atoms with Crippen LogP contribution in [0.4, 0.5) is 0 Å². The number of carbonyl (C=O) groups is 1. The zero-order valence-corrected chi connectivity index (χ0v) is 14.5. The largest absolute Gasteiger partial charge is 0.335 e. The summed E-state index contributed by atoms with van der Waals surface area (Å²) in [6, 6.07) is 4.20. The number of likely N-dealkylation sites (tertiary alicyclic amines) is 1. The van der Waals surface area contributed by atoms with Crippen LogP contribution in [0.25, 0.3) is 0 Å². The van der Waals surface area contributed by atoms with Gasteiger partial charge in [0, 0.05) is 30.5 Å². The molecule has 3 rings (SSSR count). The molecule has 1 amide bonds. The Labute approximate surface area is 139 Å². The number of nitrogens with zero attached hydrogens (tertiary/aromatic N) is 3. The molecule has 0 aliphatic carbocycles. The number of rotatable bonds is 4. The van der Waals surface area contributed by atoms with Crippen LogP contribution in [0.1, 0.15) is 41.4 Å². The molecule has 1 atom stereocenters. The second kappa shape index (κ2) is 6.42. The average molecular weight is 338 g/mol. The molecule has 0 spiro atoms. The second-order valence-corrected chi connectivity index (χ2v) is 7.13. The number of hydrogen-bond donors (Lipinski definition) is 0. The monoisotopic (exact) mass is 337 g/mol. The zero-order chi connectivity index (χ0) is 15.7. The molecule has 2 aromatic rings. The van der Waals surface area contributed by atoms with Crippen LogP contribution in [0.3, 0.4) is 0 Å². The van der Waals surface area contributed by atoms with Crippen molar-refractivity contribution >= 4 is 28.8 Å². The summed E-state index contributed by atoms with van der Waals surface area (Å²) in [6.45, 7) is 2.78. The molecule has 2 aromatic heterocycles. The van der Waals surface area contributed by atoms with E-state index in [1.165, 1.54) is 4.88 Å². The summed E-state index contributed by atoms with van der Waals surface area (Å²) >= 11 is 8.09. The van der Waals surface area contributed by atoms with E-state index in [1.54, 1.807) is 16.0 Å². The van der Waals surface area contributed by atoms with Crippen LogP contribution in [-0.4, -0.2) is 27.1 Å². The second-order valence-electron chi connectivity index (χ2n) is 5.74. The van der Waals surface area contributed by atoms with Crippen molar-refractivity contribution in [2.45, 2.75) is 38.6 Å². The lowest BCUT2D eigenvalue weighted by Gasteiger charge is -2.25. The maximum Gasteiger partial charge on any atom is 0.223 e. The van der Waals surface area contributed by atoms with Gasteiger partial charge in [-0.2, -0.15) is 5.10 Å². The van der Waals surface area contributed by atoms with Gasteiger partial charge in [-0.25, -0.2) is 0 Å². The molecule has 4 nitrogen and oxygen atoms in total. The first-order chi connectivity index (χ1) is 10.6. The normalized spacial score (nSPS) is 18.1. The van der Waals surface area contributed by atoms with Gasteiger partial charge in [0.15, 0.2) is 0 Å². The Balaban J connectivity index is 1.73. The van der Waals surface area contributed by atoms with E-state index in [0.29, 0.717) is 11.6 Å². The minimum atomic E-state index is 0.0806. The molecule has 0 aromatic carbocycles. The highest BCUT2D eigenvalue weighted by Crippen LogP contribution is 2.37. The summed E-state index contributed by atoms with van der Waals surface area (Å²) in [4.78, 5) is 15.9. The number of aromatic nitrogens is 2. The summed E-state index contributed by atoms with van der Waals surface area (Å²) < 4.78 is 1.69. The van der Waals surface area contributed by atoms with Crippen LogP contribution in [0, 0.1) is 6.92 Å². The Morgan fingerprint density at radius 2 is 2.36 bits per heavy atom. The van der Waals surface area contributed by atoms with Gasteiger partial charge in [-0.15, -0.1) is 11.3 Å². The van der Waals surface area contributed by atoms with E-state index >= 15 is 0 Å². The van der Waals surface area contributed by atoms with E-state index in [2.05, 4.69) is 16.5 Å². The quantitative estimate of drug-likeness (QED) is 0.852. The lowest BCUT2D eigenvalue weighted by Crippen LogP contribution is -2.31. The van der Waals surface area contributed by atoms with Crippen molar-refractivity contribution in [3.63, 3.8) is 0 Å². The van der Waals surface area contributed by atoms with Gasteiger partial charge in [-0.1, -0.05) is 17.7 Å². The molecular weight excluding hydrogens is 318 g/mol. The van der Waals surface area contributed by atoms with Crippen molar-refractivity contribution in [1.82, 2.24) is 14.7 Å². The van der Waals surface area contributed by atoms with Crippen LogP contribution in [0.5, 0.6) is 0 Å². The summed E-state index contributed by atoms with van der Waals surface area (Å²) in [5.74, 6) is 0.218. The summed E-state index contributed by atoms with van der Waals surface area (Å²) in [7, 11) is 1.84. The van der Waals surface area contributed by atoms with Gasteiger partial charge in [0.2, 0.25) is 5.91 Å². The fourth-order valence-electron chi connectivity index (χ4n) is 3.22. The molecule has 1 saturated heterocycles. The molecule has 22 heavy (non-hydrogen) atoms. The molecule has 1 fully saturated rings. The lowest BCUT2D eigenvalue weighted by molar-refractivity contribution is -0.132. The first-order valence-electron chi connectivity index (χ1n) is 7.58. The summed E-state index contributed by atoms with van der Waals surface area (Å²) in [6.07, 6.45) is 3.38. The van der Waals surface area contributed by atoms with Gasteiger partial charge in [0.25, 0.3) is 0 Å². The highest BCUT2D eigenvalue weighted by molar-refractivity contribution is 7.09. The molecule has 6 heteroatoms. The molecule has 3 heterocycles. The van der Waals surface area contributed by atoms with Crippen LogP contribution in [-0.2, 0) is 18.3 Å². The topological polar surface area (TPSA) is 38.1 Å². The van der Waals surface area contributed by atoms with E-state index < -0.39 is 0 Å². The summed E-state index contributed by atoms with van der Waals surface area (Å²) in [5, 5.41) is 7.09. The first kappa shape index (κ1) is 15.6. The molecule has 0 radical (unpaired) electrons. The number of carbonyl (C=O) groups excluding carboxylic acids is 1. The number of halogens is 1. The molecule has 0 unspecified atom stereocenters. The first-order valence-corrected chi connectivity index (χ1v) is 8.84. The number of thiophene rings is 1. The molecule has 1 aliphatic heterocycles. The molecule has 0 saturated carbocycles. The van der Waals surface area contributed by atoms with Gasteiger partial charge < -0.3 is 4.90 Å². The van der Waals surface area contributed by atoms with E-state index in [4.69, 9.17) is 11.6 Å². The van der Waals surface area contributed by atoms with Crippen molar-refractivity contribution < 1.29 is 4.79 Å². The zero-order valence-electron chi connectivity index (χ0n) is 12.9. The Morgan fingerprint density at radius 1 is 1.55 bits per heavy atom. The standard InChI is InChI=1S/C16H20ClN3OS/c1-11-15(16(17)19(2)18-11)13-6-3-9-20(13)14(21)8-7-12-5-4-10-22-12/h4-5,10,13H,3,6-9H2,1-2H3/t13-/m1/s1. The maximum absolute atomic E-state index is 12.6. The van der Waals surface area contributed by atoms with Crippen molar-refractivity contribution in [2.24, 2.45) is 7.05 Å². The number of hydrogen-bond acceptors (Lipinski definition) is 3. The minimum Gasteiger partial charge on any atom is -0.335 e. The van der Waals surface area contributed by atoms with Gasteiger partial charge in [0.1, 0.15) is 5.15 Å². The highest BCUT2D eigenvalue weighted by atomic mass is 35.5. The Kier molecular flexibility index (Phi) is 4.54. The van der Waals surface area contributed by atoms with Crippen LogP contribution < -0.4 is 0 Å². The number of amides is 1. The van der Waals surface area contributed by atoms with Gasteiger partial charge >= 0.3 is 0 Å². The molecule has 0 bridgehead atoms. The van der Waals surface area contributed by atoms with E-state index in [-0.39, 0.29) is 11.9 Å². The molecule has 1 aliphatic rings. The lowest BCUT2D eigenvalue weighted by atomic mass is 10.1. The smallest absolute Gasteiger partial charge is 0.223 e. The van der Waals surface area contributed by atoms with Crippen molar-refractivity contribution in [2.75, 3.05) is 6.54 Å². The molecule has 0 N–H and O–H groups in total. The third kappa shape index (κ3) is 2.92. The Morgan fingerprint density at radius 3 is 3.00 bits per heavy atom. The van der Waals surface area contributed by atoms with Crippen molar-refractivity contribution in [3.05, 3.63) is 38.8 Å². The van der Waals surface area contributed by atoms with E-state index in [9.17, 15) is 4.79 Å². The van der Waals surface area contributed by atoms with Crippen LogP contribution in [0.15, 0.2) is 17.5 Å². The van der Waals surface area contributed by atoms with Gasteiger partial charge in [0.05, 0.1) is 11.7 Å². The Bertz CT molecular complexity index is 665. The minimum absolute atomic E-state index is 0.0806. The highest BCUT2D eigenvalue weighted by Gasteiger charge is 2.33. The molecular formula is C16H20ClN3OS. The van der Waals surface area contributed by atoms with Crippen molar-refractivity contribution in [3.8, 4) is 0 Å². The SMILES string of the molecule is Cc1nn(C)c(Cl)c1[C@H]1CCCN1C(=O)CCc1cccs1. The fourth-order valence-corrected chi connectivity index (χ4v) is 4.23. The van der Waals surface area contributed by atoms with E-state index in [0.717, 1.165) is 37.1 Å². The third-order valence-corrected chi connectivity index (χ3v) is 5.65. The van der Waals surface area contributed by atoms with Crippen LogP contribution >= 0.6 is 22.9 Å². The fraction of sp³-hybridized carbons (Fsp3) is 0.500. The summed E-state index contributed by atoms with van der Waals surface area (Å²) in [5.41, 5.74) is 1.95. The number of aryl methyl sites for hydroxylation is 3.